The van der Waals surface area contributed by atoms with Crippen molar-refractivity contribution < 1.29 is 9.18 Å². The summed E-state index contributed by atoms with van der Waals surface area (Å²) >= 11 is 0. The highest BCUT2D eigenvalue weighted by molar-refractivity contribution is 5.48. The molecule has 0 heterocycles. The molecular weight excluding hydrogens is 167 g/mol. The monoisotopic (exact) mass is 180 g/mol. The zero-order valence-electron chi connectivity index (χ0n) is 7.50. The lowest BCUT2D eigenvalue weighted by molar-refractivity contribution is -0.107. The third-order valence-electron chi connectivity index (χ3n) is 1.95. The zero-order chi connectivity index (χ0) is 9.52. The van der Waals surface area contributed by atoms with Gasteiger partial charge in [0.25, 0.3) is 0 Å². The van der Waals surface area contributed by atoms with Gasteiger partial charge in [0.1, 0.15) is 12.1 Å². The largest absolute Gasteiger partial charge is 0.303 e. The van der Waals surface area contributed by atoms with Crippen molar-refractivity contribution in [3.05, 3.63) is 35.6 Å². The molecule has 0 saturated heterocycles. The van der Waals surface area contributed by atoms with Gasteiger partial charge in [-0.25, -0.2) is 4.39 Å². The fourth-order valence-corrected chi connectivity index (χ4v) is 1.21. The van der Waals surface area contributed by atoms with Gasteiger partial charge in [-0.2, -0.15) is 0 Å². The van der Waals surface area contributed by atoms with Crippen LogP contribution in [0.5, 0.6) is 0 Å². The van der Waals surface area contributed by atoms with Crippen molar-refractivity contribution in [3.63, 3.8) is 0 Å². The lowest BCUT2D eigenvalue weighted by atomic mass is 10.1. The molecule has 0 fully saturated rings. The highest BCUT2D eigenvalue weighted by Crippen LogP contribution is 2.07. The average Bonchev–Trinajstić information content (AvgIpc) is 2.15. The molecule has 0 aliphatic heterocycles. The number of halogens is 1. The van der Waals surface area contributed by atoms with Gasteiger partial charge in [-0.1, -0.05) is 12.1 Å². The van der Waals surface area contributed by atoms with E-state index in [1.54, 1.807) is 12.1 Å². The van der Waals surface area contributed by atoms with Crippen LogP contribution in [0.2, 0.25) is 0 Å². The van der Waals surface area contributed by atoms with E-state index in [-0.39, 0.29) is 5.82 Å². The van der Waals surface area contributed by atoms with E-state index in [4.69, 9.17) is 0 Å². The van der Waals surface area contributed by atoms with Crippen LogP contribution in [-0.4, -0.2) is 6.29 Å². The molecule has 1 aromatic rings. The lowest BCUT2D eigenvalue weighted by Crippen LogP contribution is -1.86. The summed E-state index contributed by atoms with van der Waals surface area (Å²) in [6.45, 7) is 0. The minimum Gasteiger partial charge on any atom is -0.303 e. The smallest absolute Gasteiger partial charge is 0.123 e. The van der Waals surface area contributed by atoms with E-state index in [0.717, 1.165) is 31.1 Å². The summed E-state index contributed by atoms with van der Waals surface area (Å²) in [4.78, 5) is 10.0. The van der Waals surface area contributed by atoms with Crippen molar-refractivity contribution in [2.45, 2.75) is 25.7 Å². The maximum atomic E-state index is 12.5. The van der Waals surface area contributed by atoms with Crippen LogP contribution >= 0.6 is 0 Å². The topological polar surface area (TPSA) is 17.1 Å². The number of hydrogen-bond donors (Lipinski definition) is 0. The van der Waals surface area contributed by atoms with E-state index in [1.165, 1.54) is 12.1 Å². The number of carbonyl (C=O) groups excluding carboxylic acids is 1. The quantitative estimate of drug-likeness (QED) is 0.503. The normalized spacial score (nSPS) is 9.92. The van der Waals surface area contributed by atoms with Crippen molar-refractivity contribution >= 4 is 6.29 Å². The minimum absolute atomic E-state index is 0.198. The molecule has 1 nitrogen and oxygen atoms in total. The summed E-state index contributed by atoms with van der Waals surface area (Å²) in [6, 6.07) is 6.51. The second-order valence-corrected chi connectivity index (χ2v) is 3.04. The first-order chi connectivity index (χ1) is 6.33. The summed E-state index contributed by atoms with van der Waals surface area (Å²) in [7, 11) is 0. The van der Waals surface area contributed by atoms with E-state index < -0.39 is 0 Å². The molecule has 0 atom stereocenters. The Hall–Kier alpha value is -1.18. The van der Waals surface area contributed by atoms with E-state index in [1.807, 2.05) is 0 Å². The number of unbranched alkanes of at least 4 members (excludes halogenated alkanes) is 2. The molecule has 0 radical (unpaired) electrons. The number of aryl methyl sites for hydroxylation is 1. The van der Waals surface area contributed by atoms with Crippen LogP contribution in [0.1, 0.15) is 24.8 Å². The van der Waals surface area contributed by atoms with Crippen LogP contribution in [0.15, 0.2) is 24.3 Å². The molecule has 0 aromatic heterocycles. The van der Waals surface area contributed by atoms with Gasteiger partial charge in [0, 0.05) is 6.42 Å². The lowest BCUT2D eigenvalue weighted by Gasteiger charge is -1.98. The molecule has 0 unspecified atom stereocenters. The van der Waals surface area contributed by atoms with Crippen LogP contribution in [0.3, 0.4) is 0 Å². The standard InChI is InChI=1S/C11H13FO/c12-11-7-5-10(6-8-11)4-2-1-3-9-13/h5-9H,1-4H2. The Kier molecular flexibility index (Phi) is 4.16. The molecule has 0 bridgehead atoms. The number of aldehydes is 1. The first-order valence-electron chi connectivity index (χ1n) is 4.51. The maximum absolute atomic E-state index is 12.5. The van der Waals surface area contributed by atoms with Gasteiger partial charge in [-0.05, 0) is 37.0 Å². The van der Waals surface area contributed by atoms with Crippen LogP contribution in [0.25, 0.3) is 0 Å². The van der Waals surface area contributed by atoms with Gasteiger partial charge in [0.2, 0.25) is 0 Å². The van der Waals surface area contributed by atoms with E-state index in [9.17, 15) is 9.18 Å². The molecule has 13 heavy (non-hydrogen) atoms. The number of benzene rings is 1. The van der Waals surface area contributed by atoms with Crippen molar-refractivity contribution in [1.29, 1.82) is 0 Å². The second-order valence-electron chi connectivity index (χ2n) is 3.04. The molecule has 0 amide bonds. The first-order valence-corrected chi connectivity index (χ1v) is 4.51. The second kappa shape index (κ2) is 5.46. The molecule has 0 N–H and O–H groups in total. The zero-order valence-corrected chi connectivity index (χ0v) is 7.50. The van der Waals surface area contributed by atoms with E-state index >= 15 is 0 Å². The van der Waals surface area contributed by atoms with Gasteiger partial charge in [-0.15, -0.1) is 0 Å². The fraction of sp³-hybridized carbons (Fsp3) is 0.364. The van der Waals surface area contributed by atoms with Crippen molar-refractivity contribution in [1.82, 2.24) is 0 Å². The van der Waals surface area contributed by atoms with Crippen molar-refractivity contribution in [3.8, 4) is 0 Å². The summed E-state index contributed by atoms with van der Waals surface area (Å²) in [5.41, 5.74) is 1.13. The number of hydrogen-bond acceptors (Lipinski definition) is 1. The molecule has 0 aliphatic carbocycles. The van der Waals surface area contributed by atoms with Gasteiger partial charge < -0.3 is 4.79 Å². The molecule has 1 aromatic carbocycles. The van der Waals surface area contributed by atoms with Crippen LogP contribution in [-0.2, 0) is 11.2 Å². The molecule has 0 saturated carbocycles. The summed E-state index contributed by atoms with van der Waals surface area (Å²) in [6.07, 6.45) is 4.39. The Morgan fingerprint density at radius 1 is 1.15 bits per heavy atom. The number of rotatable bonds is 5. The number of carbonyl (C=O) groups is 1. The third-order valence-corrected chi connectivity index (χ3v) is 1.95. The Morgan fingerprint density at radius 2 is 1.85 bits per heavy atom. The summed E-state index contributed by atoms with van der Waals surface area (Å²) in [5.74, 6) is -0.198. The molecule has 0 aliphatic rings. The highest BCUT2D eigenvalue weighted by atomic mass is 19.1. The highest BCUT2D eigenvalue weighted by Gasteiger charge is 1.93. The summed E-state index contributed by atoms with van der Waals surface area (Å²) in [5, 5.41) is 0. The van der Waals surface area contributed by atoms with Gasteiger partial charge in [-0.3, -0.25) is 0 Å². The predicted molar refractivity (Wildman–Crippen MR) is 50.0 cm³/mol. The van der Waals surface area contributed by atoms with Crippen molar-refractivity contribution in [2.24, 2.45) is 0 Å². The SMILES string of the molecule is O=CCCCCc1ccc(F)cc1. The maximum Gasteiger partial charge on any atom is 0.123 e. The van der Waals surface area contributed by atoms with Gasteiger partial charge in [0.05, 0.1) is 0 Å². The van der Waals surface area contributed by atoms with Crippen LogP contribution in [0.4, 0.5) is 4.39 Å². The Bertz CT molecular complexity index is 253. The Balaban J connectivity index is 2.28. The van der Waals surface area contributed by atoms with Gasteiger partial charge in [0.15, 0.2) is 0 Å². The minimum atomic E-state index is -0.198. The third kappa shape index (κ3) is 3.83. The molecule has 2 heteroatoms. The van der Waals surface area contributed by atoms with Gasteiger partial charge >= 0.3 is 0 Å². The van der Waals surface area contributed by atoms with E-state index in [0.29, 0.717) is 6.42 Å². The fourth-order valence-electron chi connectivity index (χ4n) is 1.21. The van der Waals surface area contributed by atoms with Crippen molar-refractivity contribution in [2.75, 3.05) is 0 Å². The van der Waals surface area contributed by atoms with Crippen LogP contribution in [0, 0.1) is 5.82 Å². The molecule has 1 rings (SSSR count). The Morgan fingerprint density at radius 3 is 2.46 bits per heavy atom. The first kappa shape index (κ1) is 9.90. The predicted octanol–water partition coefficient (Wildman–Crippen LogP) is 2.74. The molecular formula is C11H13FO. The average molecular weight is 180 g/mol. The molecule has 70 valence electrons. The van der Waals surface area contributed by atoms with Crippen LogP contribution < -0.4 is 0 Å². The van der Waals surface area contributed by atoms with E-state index in [2.05, 4.69) is 0 Å². The Labute approximate surface area is 77.6 Å². The summed E-state index contributed by atoms with van der Waals surface area (Å²) < 4.78 is 12.5. The molecule has 0 spiro atoms.